The van der Waals surface area contributed by atoms with Crippen molar-refractivity contribution in [1.29, 1.82) is 0 Å². The minimum atomic E-state index is -0.286. The van der Waals surface area contributed by atoms with Crippen molar-refractivity contribution in [2.24, 2.45) is 0 Å². The molecule has 156 valence electrons. The molecule has 5 heteroatoms. The molecule has 0 saturated carbocycles. The third-order valence-electron chi connectivity index (χ3n) is 5.00. The summed E-state index contributed by atoms with van der Waals surface area (Å²) in [4.78, 5) is 11.6. The van der Waals surface area contributed by atoms with E-state index in [0.29, 0.717) is 6.54 Å². The van der Waals surface area contributed by atoms with Crippen LogP contribution in [-0.2, 0) is 9.53 Å². The van der Waals surface area contributed by atoms with Gasteiger partial charge in [0, 0.05) is 12.6 Å². The summed E-state index contributed by atoms with van der Waals surface area (Å²) in [6.45, 7) is 0.726. The van der Waals surface area contributed by atoms with Crippen molar-refractivity contribution < 1.29 is 14.3 Å². The molecule has 1 atom stereocenters. The van der Waals surface area contributed by atoms with Crippen LogP contribution in [0.5, 0.6) is 5.75 Å². The molecular weight excluding hydrogens is 376 g/mol. The lowest BCUT2D eigenvalue weighted by Crippen LogP contribution is -2.36. The molecule has 30 heavy (non-hydrogen) atoms. The SMILES string of the molecule is COC(=O)CNCC(NC(c1ccccc1)c1ccccc1)c1ccc(OC)cc1. The minimum Gasteiger partial charge on any atom is -0.497 e. The molecular formula is C25H28N2O3. The van der Waals surface area contributed by atoms with Crippen molar-refractivity contribution in [2.45, 2.75) is 12.1 Å². The van der Waals surface area contributed by atoms with Gasteiger partial charge >= 0.3 is 5.97 Å². The predicted molar refractivity (Wildman–Crippen MR) is 118 cm³/mol. The average Bonchev–Trinajstić information content (AvgIpc) is 2.82. The highest BCUT2D eigenvalue weighted by Crippen LogP contribution is 2.26. The van der Waals surface area contributed by atoms with E-state index in [9.17, 15) is 4.79 Å². The van der Waals surface area contributed by atoms with Crippen molar-refractivity contribution in [3.05, 3.63) is 102 Å². The number of hydrogen-bond acceptors (Lipinski definition) is 5. The molecule has 1 unspecified atom stereocenters. The molecule has 0 aliphatic heterocycles. The topological polar surface area (TPSA) is 59.6 Å². The van der Waals surface area contributed by atoms with Crippen molar-refractivity contribution in [2.75, 3.05) is 27.3 Å². The molecule has 0 heterocycles. The lowest BCUT2D eigenvalue weighted by molar-refractivity contribution is -0.139. The summed E-state index contributed by atoms with van der Waals surface area (Å²) in [6.07, 6.45) is 0. The van der Waals surface area contributed by atoms with Crippen LogP contribution < -0.4 is 15.4 Å². The Balaban J connectivity index is 1.88. The summed E-state index contributed by atoms with van der Waals surface area (Å²) >= 11 is 0. The Morgan fingerprint density at radius 2 is 1.37 bits per heavy atom. The van der Waals surface area contributed by atoms with E-state index in [0.717, 1.165) is 11.3 Å². The zero-order valence-corrected chi connectivity index (χ0v) is 17.4. The van der Waals surface area contributed by atoms with Gasteiger partial charge in [-0.15, -0.1) is 0 Å². The third kappa shape index (κ3) is 5.92. The standard InChI is InChI=1S/C25H28N2O3/c1-29-22-15-13-19(14-16-22)23(17-26-18-24(28)30-2)27-25(20-9-5-3-6-10-20)21-11-7-4-8-12-21/h3-16,23,25-27H,17-18H2,1-2H3. The van der Waals surface area contributed by atoms with Crippen LogP contribution in [0.15, 0.2) is 84.9 Å². The molecule has 0 fully saturated rings. The normalized spacial score (nSPS) is 11.8. The Bertz CT molecular complexity index is 859. The zero-order valence-electron chi connectivity index (χ0n) is 17.4. The number of benzene rings is 3. The van der Waals surface area contributed by atoms with E-state index in [-0.39, 0.29) is 24.6 Å². The number of rotatable bonds is 10. The van der Waals surface area contributed by atoms with Crippen LogP contribution in [0.4, 0.5) is 0 Å². The van der Waals surface area contributed by atoms with Crippen LogP contribution in [0.2, 0.25) is 0 Å². The molecule has 0 spiro atoms. The Hall–Kier alpha value is -3.15. The summed E-state index contributed by atoms with van der Waals surface area (Å²) in [5.41, 5.74) is 3.45. The maximum absolute atomic E-state index is 11.6. The molecule has 2 N–H and O–H groups in total. The number of methoxy groups -OCH3 is 2. The molecule has 0 radical (unpaired) electrons. The predicted octanol–water partition coefficient (Wildman–Crippen LogP) is 3.88. The maximum Gasteiger partial charge on any atom is 0.319 e. The molecule has 0 saturated heterocycles. The molecule has 0 aliphatic carbocycles. The van der Waals surface area contributed by atoms with Gasteiger partial charge in [-0.1, -0.05) is 72.8 Å². The summed E-state index contributed by atoms with van der Waals surface area (Å²) in [7, 11) is 3.05. The van der Waals surface area contributed by atoms with Gasteiger partial charge in [-0.05, 0) is 28.8 Å². The van der Waals surface area contributed by atoms with Crippen LogP contribution >= 0.6 is 0 Å². The van der Waals surface area contributed by atoms with Gasteiger partial charge in [0.05, 0.1) is 26.8 Å². The van der Waals surface area contributed by atoms with Gasteiger partial charge in [0.1, 0.15) is 5.75 Å². The smallest absolute Gasteiger partial charge is 0.319 e. The summed E-state index contributed by atoms with van der Waals surface area (Å²) < 4.78 is 10.0. The molecule has 0 bridgehead atoms. The first kappa shape index (κ1) is 21.6. The first-order valence-electron chi connectivity index (χ1n) is 9.98. The van der Waals surface area contributed by atoms with Crippen LogP contribution in [0, 0.1) is 0 Å². The molecule has 0 aromatic heterocycles. The number of esters is 1. The van der Waals surface area contributed by atoms with E-state index < -0.39 is 0 Å². The Morgan fingerprint density at radius 1 is 0.800 bits per heavy atom. The average molecular weight is 405 g/mol. The number of nitrogens with one attached hydrogen (secondary N) is 2. The van der Waals surface area contributed by atoms with E-state index in [2.05, 4.69) is 34.9 Å². The number of carbonyl (C=O) groups is 1. The zero-order chi connectivity index (χ0) is 21.2. The van der Waals surface area contributed by atoms with E-state index in [1.165, 1.54) is 18.2 Å². The highest BCUT2D eigenvalue weighted by molar-refractivity contribution is 5.71. The fourth-order valence-electron chi connectivity index (χ4n) is 3.38. The van der Waals surface area contributed by atoms with Crippen LogP contribution in [0.25, 0.3) is 0 Å². The lowest BCUT2D eigenvalue weighted by Gasteiger charge is -2.27. The van der Waals surface area contributed by atoms with Crippen molar-refractivity contribution in [1.82, 2.24) is 10.6 Å². The number of ether oxygens (including phenoxy) is 2. The molecule has 3 rings (SSSR count). The van der Waals surface area contributed by atoms with Crippen LogP contribution in [-0.4, -0.2) is 33.3 Å². The van der Waals surface area contributed by atoms with Gasteiger partial charge < -0.3 is 14.8 Å². The van der Waals surface area contributed by atoms with Crippen molar-refractivity contribution in [3.8, 4) is 5.75 Å². The summed E-state index contributed by atoms with van der Waals surface area (Å²) in [5.74, 6) is 0.522. The lowest BCUT2D eigenvalue weighted by atomic mass is 9.96. The van der Waals surface area contributed by atoms with Gasteiger partial charge in [-0.3, -0.25) is 10.1 Å². The monoisotopic (exact) mass is 404 g/mol. The number of carbonyl (C=O) groups excluding carboxylic acids is 1. The number of hydrogen-bond donors (Lipinski definition) is 2. The van der Waals surface area contributed by atoms with Crippen LogP contribution in [0.3, 0.4) is 0 Å². The van der Waals surface area contributed by atoms with E-state index in [1.54, 1.807) is 7.11 Å². The summed E-state index contributed by atoms with van der Waals surface area (Å²) in [5, 5.41) is 6.98. The maximum atomic E-state index is 11.6. The first-order valence-corrected chi connectivity index (χ1v) is 9.98. The largest absolute Gasteiger partial charge is 0.497 e. The highest BCUT2D eigenvalue weighted by atomic mass is 16.5. The second-order valence-electron chi connectivity index (χ2n) is 6.95. The van der Waals surface area contributed by atoms with Crippen molar-refractivity contribution >= 4 is 5.97 Å². The minimum absolute atomic E-state index is 0.000529. The highest BCUT2D eigenvalue weighted by Gasteiger charge is 2.20. The Labute approximate surface area is 178 Å². The fourth-order valence-corrected chi connectivity index (χ4v) is 3.38. The molecule has 5 nitrogen and oxygen atoms in total. The second kappa shape index (κ2) is 11.1. The van der Waals surface area contributed by atoms with Gasteiger partial charge in [0.15, 0.2) is 0 Å². The Kier molecular flexibility index (Phi) is 8.01. The van der Waals surface area contributed by atoms with Gasteiger partial charge in [0.2, 0.25) is 0 Å². The Morgan fingerprint density at radius 3 is 1.87 bits per heavy atom. The van der Waals surface area contributed by atoms with E-state index in [4.69, 9.17) is 9.47 Å². The van der Waals surface area contributed by atoms with Gasteiger partial charge in [-0.25, -0.2) is 0 Å². The quantitative estimate of drug-likeness (QED) is 0.502. The fraction of sp³-hybridized carbons (Fsp3) is 0.240. The molecule has 0 aliphatic rings. The van der Waals surface area contributed by atoms with E-state index >= 15 is 0 Å². The van der Waals surface area contributed by atoms with Crippen LogP contribution in [0.1, 0.15) is 28.8 Å². The first-order chi connectivity index (χ1) is 14.7. The summed E-state index contributed by atoms with van der Waals surface area (Å²) in [6, 6.07) is 28.7. The molecule has 3 aromatic carbocycles. The second-order valence-corrected chi connectivity index (χ2v) is 6.95. The van der Waals surface area contributed by atoms with Gasteiger partial charge in [0.25, 0.3) is 0 Å². The third-order valence-corrected chi connectivity index (χ3v) is 5.00. The molecule has 3 aromatic rings. The van der Waals surface area contributed by atoms with E-state index in [1.807, 2.05) is 60.7 Å². The molecule has 0 amide bonds. The van der Waals surface area contributed by atoms with Gasteiger partial charge in [-0.2, -0.15) is 0 Å². The van der Waals surface area contributed by atoms with Crippen molar-refractivity contribution in [3.63, 3.8) is 0 Å².